The molecule has 0 aliphatic heterocycles. The second-order valence-corrected chi connectivity index (χ2v) is 11.4. The van der Waals surface area contributed by atoms with Crippen LogP contribution in [0.5, 0.6) is 0 Å². The number of furan rings is 1. The largest absolute Gasteiger partial charge is 0.456 e. The second-order valence-electron chi connectivity index (χ2n) is 10.4. The lowest BCUT2D eigenvalue weighted by Gasteiger charge is -2.26. The molecule has 3 heterocycles. The fourth-order valence-electron chi connectivity index (χ4n) is 6.00. The highest BCUT2D eigenvalue weighted by Gasteiger charge is 2.21. The van der Waals surface area contributed by atoms with Crippen molar-refractivity contribution in [2.45, 2.75) is 0 Å². The van der Waals surface area contributed by atoms with Crippen molar-refractivity contribution in [2.75, 3.05) is 4.90 Å². The molecule has 4 nitrogen and oxygen atoms in total. The highest BCUT2D eigenvalue weighted by Crippen LogP contribution is 2.46. The van der Waals surface area contributed by atoms with Gasteiger partial charge in [-0.05, 0) is 60.7 Å². The van der Waals surface area contributed by atoms with Crippen molar-refractivity contribution in [1.29, 1.82) is 0 Å². The molecule has 0 atom stereocenters. The van der Waals surface area contributed by atoms with Gasteiger partial charge in [0.25, 0.3) is 0 Å². The summed E-state index contributed by atoms with van der Waals surface area (Å²) in [5, 5.41) is 4.53. The Balaban J connectivity index is 1.26. The van der Waals surface area contributed by atoms with E-state index in [9.17, 15) is 0 Å². The van der Waals surface area contributed by atoms with Crippen molar-refractivity contribution in [3.63, 3.8) is 0 Å². The predicted octanol–water partition coefficient (Wildman–Crippen LogP) is 11.2. The summed E-state index contributed by atoms with van der Waals surface area (Å²) in [5.74, 6) is 0.607. The van der Waals surface area contributed by atoms with E-state index >= 15 is 0 Å². The van der Waals surface area contributed by atoms with Crippen LogP contribution in [-0.4, -0.2) is 4.98 Å². The SMILES string of the molecule is c1ccc(-c2nc3c(ccc4oc5cc(N(c6ccccc6)c6cccc7c6sc6ccccc67)ccc5c43)o2)cc1. The Labute approximate surface area is 244 Å². The molecule has 3 aromatic heterocycles. The molecule has 6 aromatic carbocycles. The number of fused-ring (bicyclic) bond motifs is 8. The normalized spacial score (nSPS) is 11.8. The summed E-state index contributed by atoms with van der Waals surface area (Å²) in [6.07, 6.45) is 0. The maximum atomic E-state index is 6.47. The third-order valence-corrected chi connectivity index (χ3v) is 9.10. The summed E-state index contributed by atoms with van der Waals surface area (Å²) < 4.78 is 15.2. The zero-order chi connectivity index (χ0) is 27.6. The zero-order valence-electron chi connectivity index (χ0n) is 22.3. The minimum Gasteiger partial charge on any atom is -0.456 e. The Hall–Kier alpha value is -5.39. The van der Waals surface area contributed by atoms with Crippen molar-refractivity contribution in [3.05, 3.63) is 133 Å². The van der Waals surface area contributed by atoms with Crippen LogP contribution in [0.15, 0.2) is 142 Å². The van der Waals surface area contributed by atoms with Crippen molar-refractivity contribution >= 4 is 81.6 Å². The highest BCUT2D eigenvalue weighted by atomic mass is 32.1. The Morgan fingerprint density at radius 1 is 0.548 bits per heavy atom. The number of hydrogen-bond donors (Lipinski definition) is 0. The van der Waals surface area contributed by atoms with Crippen LogP contribution < -0.4 is 4.90 Å². The number of para-hydroxylation sites is 1. The standard InChI is InChI=1S/C37H22N2O2S/c1-3-10-23(11-4-1)37-38-35-31(41-37)21-20-30-34(35)28-19-18-25(22-32(28)40-30)39(24-12-5-2-6-13-24)29-16-9-15-27-26-14-7-8-17-33(26)42-36(27)29/h1-22H. The van der Waals surface area contributed by atoms with Gasteiger partial charge in [0.05, 0.1) is 15.8 Å². The molecule has 0 aliphatic rings. The van der Waals surface area contributed by atoms with Crippen LogP contribution in [0.25, 0.3) is 64.7 Å². The van der Waals surface area contributed by atoms with Crippen LogP contribution in [0, 0.1) is 0 Å². The van der Waals surface area contributed by atoms with Gasteiger partial charge < -0.3 is 13.7 Å². The number of aromatic nitrogens is 1. The number of anilines is 3. The van der Waals surface area contributed by atoms with Gasteiger partial charge in [0.1, 0.15) is 16.7 Å². The fourth-order valence-corrected chi connectivity index (χ4v) is 7.20. The number of thiophene rings is 1. The van der Waals surface area contributed by atoms with Crippen molar-refractivity contribution < 1.29 is 8.83 Å². The Morgan fingerprint density at radius 2 is 1.31 bits per heavy atom. The summed E-state index contributed by atoms with van der Waals surface area (Å²) in [5.41, 5.74) is 7.36. The monoisotopic (exact) mass is 558 g/mol. The van der Waals surface area contributed by atoms with E-state index < -0.39 is 0 Å². The quantitative estimate of drug-likeness (QED) is 0.215. The number of oxazole rings is 1. The lowest BCUT2D eigenvalue weighted by atomic mass is 10.1. The highest BCUT2D eigenvalue weighted by molar-refractivity contribution is 7.26. The third kappa shape index (κ3) is 3.51. The van der Waals surface area contributed by atoms with E-state index in [2.05, 4.69) is 95.9 Å². The van der Waals surface area contributed by atoms with Crippen LogP contribution in [-0.2, 0) is 0 Å². The lowest BCUT2D eigenvalue weighted by Crippen LogP contribution is -2.09. The van der Waals surface area contributed by atoms with E-state index in [1.54, 1.807) is 0 Å². The molecule has 0 N–H and O–H groups in total. The van der Waals surface area contributed by atoms with Gasteiger partial charge in [0, 0.05) is 43.9 Å². The molecule has 0 saturated carbocycles. The van der Waals surface area contributed by atoms with Gasteiger partial charge in [-0.25, -0.2) is 4.98 Å². The summed E-state index contributed by atoms with van der Waals surface area (Å²) in [6, 6.07) is 46.1. The molecule has 5 heteroatoms. The van der Waals surface area contributed by atoms with E-state index in [1.165, 1.54) is 20.2 Å². The number of hydrogen-bond acceptors (Lipinski definition) is 5. The van der Waals surface area contributed by atoms with E-state index in [0.29, 0.717) is 5.89 Å². The molecule has 0 radical (unpaired) electrons. The second kappa shape index (κ2) is 9.06. The van der Waals surface area contributed by atoms with Gasteiger partial charge in [-0.2, -0.15) is 0 Å². The first-order valence-corrected chi connectivity index (χ1v) is 14.7. The predicted molar refractivity (Wildman–Crippen MR) is 174 cm³/mol. The molecule has 0 unspecified atom stereocenters. The average molecular weight is 559 g/mol. The number of nitrogens with zero attached hydrogens (tertiary/aromatic N) is 2. The van der Waals surface area contributed by atoms with E-state index in [-0.39, 0.29) is 0 Å². The minimum atomic E-state index is 0.607. The van der Waals surface area contributed by atoms with Crippen LogP contribution in [0.2, 0.25) is 0 Å². The Kier molecular flexibility index (Phi) is 5.03. The molecule has 0 spiro atoms. The van der Waals surface area contributed by atoms with Crippen LogP contribution in [0.1, 0.15) is 0 Å². The molecular formula is C37H22N2O2S. The Morgan fingerprint density at radius 3 is 2.19 bits per heavy atom. The van der Waals surface area contributed by atoms with Gasteiger partial charge in [-0.3, -0.25) is 0 Å². The van der Waals surface area contributed by atoms with Crippen LogP contribution >= 0.6 is 11.3 Å². The summed E-state index contributed by atoms with van der Waals surface area (Å²) in [4.78, 5) is 7.23. The minimum absolute atomic E-state index is 0.607. The van der Waals surface area contributed by atoms with Gasteiger partial charge >= 0.3 is 0 Å². The summed E-state index contributed by atoms with van der Waals surface area (Å²) in [6.45, 7) is 0. The van der Waals surface area contributed by atoms with Crippen LogP contribution in [0.3, 0.4) is 0 Å². The molecule has 198 valence electrons. The summed E-state index contributed by atoms with van der Waals surface area (Å²) >= 11 is 1.83. The molecule has 0 amide bonds. The molecular weight excluding hydrogens is 536 g/mol. The van der Waals surface area contributed by atoms with E-state index in [4.69, 9.17) is 13.8 Å². The van der Waals surface area contributed by atoms with E-state index in [1.807, 2.05) is 53.8 Å². The van der Waals surface area contributed by atoms with Crippen molar-refractivity contribution in [3.8, 4) is 11.5 Å². The first-order valence-electron chi connectivity index (χ1n) is 13.9. The zero-order valence-corrected chi connectivity index (χ0v) is 23.1. The van der Waals surface area contributed by atoms with Gasteiger partial charge in [0.15, 0.2) is 5.58 Å². The fraction of sp³-hybridized carbons (Fsp3) is 0. The average Bonchev–Trinajstić information content (AvgIpc) is 3.75. The number of rotatable bonds is 4. The third-order valence-electron chi connectivity index (χ3n) is 7.89. The van der Waals surface area contributed by atoms with E-state index in [0.717, 1.165) is 55.7 Å². The first kappa shape index (κ1) is 23.3. The van der Waals surface area contributed by atoms with Gasteiger partial charge in [0.2, 0.25) is 5.89 Å². The molecule has 9 aromatic rings. The molecule has 0 fully saturated rings. The van der Waals surface area contributed by atoms with Crippen molar-refractivity contribution in [1.82, 2.24) is 4.98 Å². The Bertz CT molecular complexity index is 2420. The van der Waals surface area contributed by atoms with Crippen LogP contribution in [0.4, 0.5) is 17.1 Å². The number of benzene rings is 6. The van der Waals surface area contributed by atoms with Gasteiger partial charge in [-0.15, -0.1) is 11.3 Å². The maximum Gasteiger partial charge on any atom is 0.227 e. The molecule has 0 bridgehead atoms. The first-order chi connectivity index (χ1) is 20.8. The molecule has 0 saturated heterocycles. The molecule has 42 heavy (non-hydrogen) atoms. The summed E-state index contributed by atoms with van der Waals surface area (Å²) in [7, 11) is 0. The topological polar surface area (TPSA) is 42.4 Å². The smallest absolute Gasteiger partial charge is 0.227 e. The lowest BCUT2D eigenvalue weighted by molar-refractivity contribution is 0.619. The van der Waals surface area contributed by atoms with Gasteiger partial charge in [-0.1, -0.05) is 66.7 Å². The van der Waals surface area contributed by atoms with Crippen molar-refractivity contribution in [2.24, 2.45) is 0 Å². The molecule has 9 rings (SSSR count). The maximum absolute atomic E-state index is 6.47. The molecule has 0 aliphatic carbocycles.